The fourth-order valence-electron chi connectivity index (χ4n) is 1.13. The van der Waals surface area contributed by atoms with Gasteiger partial charge in [0.15, 0.2) is 0 Å². The first-order valence-electron chi connectivity index (χ1n) is 5.20. The summed E-state index contributed by atoms with van der Waals surface area (Å²) in [6.45, 7) is 14.2. The van der Waals surface area contributed by atoms with Crippen LogP contribution in [-0.2, 0) is 0 Å². The minimum Gasteiger partial charge on any atom is -0.372 e. The van der Waals surface area contributed by atoms with Crippen LogP contribution in [0.1, 0.15) is 33.6 Å². The van der Waals surface area contributed by atoms with Crippen molar-refractivity contribution < 1.29 is 0 Å². The Bertz CT molecular complexity index is 223. The molecule has 0 unspecified atom stereocenters. The average molecular weight is 193 g/mol. The summed E-state index contributed by atoms with van der Waals surface area (Å²) in [5.74, 6) is 0. The van der Waals surface area contributed by atoms with Gasteiger partial charge in [-0.3, -0.25) is 0 Å². The van der Waals surface area contributed by atoms with Gasteiger partial charge in [-0.05, 0) is 39.2 Å². The highest BCUT2D eigenvalue weighted by Gasteiger charge is 2.06. The monoisotopic (exact) mass is 193 g/mol. The van der Waals surface area contributed by atoms with E-state index in [1.54, 1.807) is 0 Å². The Hall–Kier alpha value is -0.980. The first-order chi connectivity index (χ1) is 6.50. The molecule has 0 rings (SSSR count). The Morgan fingerprint density at radius 1 is 1.36 bits per heavy atom. The van der Waals surface area contributed by atoms with E-state index in [1.165, 1.54) is 5.57 Å². The largest absolute Gasteiger partial charge is 0.372 e. The molecule has 0 atom stereocenters. The highest BCUT2D eigenvalue weighted by atomic mass is 15.1. The molecular formula is C13H23N. The zero-order chi connectivity index (χ0) is 11.1. The lowest BCUT2D eigenvalue weighted by molar-refractivity contribution is 0.351. The maximum Gasteiger partial charge on any atom is 0.0319 e. The van der Waals surface area contributed by atoms with Gasteiger partial charge in [-0.15, -0.1) is 6.58 Å². The van der Waals surface area contributed by atoms with E-state index >= 15 is 0 Å². The molecule has 1 nitrogen and oxygen atoms in total. The zero-order valence-corrected chi connectivity index (χ0v) is 10.0. The fraction of sp³-hybridized carbons (Fsp3) is 0.538. The summed E-state index contributed by atoms with van der Waals surface area (Å²) >= 11 is 0. The summed E-state index contributed by atoms with van der Waals surface area (Å²) in [6.07, 6.45) is 6.26. The zero-order valence-electron chi connectivity index (χ0n) is 10.0. The van der Waals surface area contributed by atoms with Crippen molar-refractivity contribution in [3.8, 4) is 0 Å². The van der Waals surface area contributed by atoms with E-state index in [0.717, 1.165) is 18.5 Å². The van der Waals surface area contributed by atoms with Crippen LogP contribution in [0, 0.1) is 0 Å². The molecule has 0 spiro atoms. The van der Waals surface area contributed by atoms with Crippen LogP contribution in [0.5, 0.6) is 0 Å². The molecule has 0 radical (unpaired) electrons. The lowest BCUT2D eigenvalue weighted by Crippen LogP contribution is -2.25. The topological polar surface area (TPSA) is 3.24 Å². The molecule has 0 aliphatic rings. The van der Waals surface area contributed by atoms with Crippen molar-refractivity contribution in [2.75, 3.05) is 7.05 Å². The van der Waals surface area contributed by atoms with Gasteiger partial charge in [0.2, 0.25) is 0 Å². The summed E-state index contributed by atoms with van der Waals surface area (Å²) in [6, 6.07) is 0.505. The van der Waals surface area contributed by atoms with E-state index in [2.05, 4.69) is 52.0 Å². The Balaban J connectivity index is 4.23. The van der Waals surface area contributed by atoms with E-state index in [1.807, 2.05) is 6.08 Å². The number of hydrogen-bond donors (Lipinski definition) is 0. The van der Waals surface area contributed by atoms with Gasteiger partial charge in [-0.25, -0.2) is 0 Å². The molecule has 0 N–H and O–H groups in total. The van der Waals surface area contributed by atoms with Crippen LogP contribution in [0.15, 0.2) is 36.6 Å². The Kier molecular flexibility index (Phi) is 6.02. The molecule has 0 amide bonds. The second-order valence-electron chi connectivity index (χ2n) is 3.90. The molecule has 0 aliphatic heterocycles. The maximum atomic E-state index is 4.09. The van der Waals surface area contributed by atoms with Crippen molar-refractivity contribution in [2.45, 2.75) is 39.7 Å². The van der Waals surface area contributed by atoms with Gasteiger partial charge >= 0.3 is 0 Å². The summed E-state index contributed by atoms with van der Waals surface area (Å²) in [5, 5.41) is 0. The van der Waals surface area contributed by atoms with Crippen LogP contribution in [0.25, 0.3) is 0 Å². The van der Waals surface area contributed by atoms with Crippen molar-refractivity contribution in [3.63, 3.8) is 0 Å². The number of nitrogens with zero attached hydrogens (tertiary/aromatic N) is 1. The first kappa shape index (κ1) is 13.0. The second-order valence-corrected chi connectivity index (χ2v) is 3.90. The fourth-order valence-corrected chi connectivity index (χ4v) is 1.13. The van der Waals surface area contributed by atoms with E-state index < -0.39 is 0 Å². The smallest absolute Gasteiger partial charge is 0.0319 e. The molecule has 0 saturated heterocycles. The molecule has 1 heteroatoms. The van der Waals surface area contributed by atoms with Gasteiger partial charge in [-0.1, -0.05) is 18.7 Å². The third kappa shape index (κ3) is 4.31. The number of hydrogen-bond acceptors (Lipinski definition) is 1. The summed E-state index contributed by atoms with van der Waals surface area (Å²) in [7, 11) is 2.08. The average Bonchev–Trinajstić information content (AvgIpc) is 2.15. The first-order valence-corrected chi connectivity index (χ1v) is 5.20. The molecule has 0 fully saturated rings. The molecule has 0 saturated carbocycles. The van der Waals surface area contributed by atoms with Gasteiger partial charge < -0.3 is 4.90 Å². The predicted molar refractivity (Wildman–Crippen MR) is 65.2 cm³/mol. The number of allylic oxidation sites excluding steroid dienone is 3. The van der Waals surface area contributed by atoms with Gasteiger partial charge in [0.25, 0.3) is 0 Å². The van der Waals surface area contributed by atoms with Gasteiger partial charge in [0.05, 0.1) is 0 Å². The van der Waals surface area contributed by atoms with Crippen molar-refractivity contribution in [2.24, 2.45) is 0 Å². The van der Waals surface area contributed by atoms with Crippen LogP contribution < -0.4 is 0 Å². The molecule has 0 bridgehead atoms. The van der Waals surface area contributed by atoms with Crippen LogP contribution in [0.4, 0.5) is 0 Å². The lowest BCUT2D eigenvalue weighted by atomic mass is 10.1. The molecule has 14 heavy (non-hydrogen) atoms. The van der Waals surface area contributed by atoms with E-state index in [0.29, 0.717) is 6.04 Å². The number of rotatable bonds is 6. The third-order valence-electron chi connectivity index (χ3n) is 2.48. The van der Waals surface area contributed by atoms with Gasteiger partial charge in [0, 0.05) is 18.8 Å². The molecule has 0 heterocycles. The van der Waals surface area contributed by atoms with Crippen molar-refractivity contribution in [1.82, 2.24) is 4.90 Å². The number of unbranched alkanes of at least 4 members (excludes halogenated alkanes) is 1. The molecular weight excluding hydrogens is 170 g/mol. The summed E-state index contributed by atoms with van der Waals surface area (Å²) in [5.41, 5.74) is 2.38. The van der Waals surface area contributed by atoms with Crippen LogP contribution in [0.3, 0.4) is 0 Å². The highest BCUT2D eigenvalue weighted by Crippen LogP contribution is 2.14. The highest BCUT2D eigenvalue weighted by molar-refractivity contribution is 5.25. The third-order valence-corrected chi connectivity index (χ3v) is 2.48. The quantitative estimate of drug-likeness (QED) is 0.353. The molecule has 0 aromatic carbocycles. The van der Waals surface area contributed by atoms with Crippen LogP contribution >= 0.6 is 0 Å². The maximum absolute atomic E-state index is 4.09. The van der Waals surface area contributed by atoms with E-state index in [-0.39, 0.29) is 0 Å². The normalized spacial score (nSPS) is 11.6. The minimum atomic E-state index is 0.505. The second kappa shape index (κ2) is 6.47. The number of likely N-dealkylation sites (N-methyl/N-ethyl adjacent to an activating group) is 1. The van der Waals surface area contributed by atoms with E-state index in [9.17, 15) is 0 Å². The summed E-state index contributed by atoms with van der Waals surface area (Å²) in [4.78, 5) is 2.19. The predicted octanol–water partition coefficient (Wildman–Crippen LogP) is 3.75. The molecule has 0 aromatic heterocycles. The minimum absolute atomic E-state index is 0.505. The Labute approximate surface area is 88.8 Å². The molecule has 80 valence electrons. The van der Waals surface area contributed by atoms with Crippen LogP contribution in [0.2, 0.25) is 0 Å². The Morgan fingerprint density at radius 2 is 1.93 bits per heavy atom. The van der Waals surface area contributed by atoms with Gasteiger partial charge in [0.1, 0.15) is 0 Å². The lowest BCUT2D eigenvalue weighted by Gasteiger charge is -2.26. The SMILES string of the molecule is C=CCC/C=C(\C)C(=C)N(C)C(C)C. The van der Waals surface area contributed by atoms with Crippen molar-refractivity contribution in [3.05, 3.63) is 36.6 Å². The molecule has 0 aromatic rings. The Morgan fingerprint density at radius 3 is 2.36 bits per heavy atom. The van der Waals surface area contributed by atoms with Crippen LogP contribution in [-0.4, -0.2) is 18.0 Å². The van der Waals surface area contributed by atoms with Crippen molar-refractivity contribution in [1.29, 1.82) is 0 Å². The standard InChI is InChI=1S/C13H23N/c1-7-8-9-10-12(4)13(5)14(6)11(2)3/h7,10-11H,1,5,8-9H2,2-4,6H3/b12-10+. The molecule has 0 aliphatic carbocycles. The summed E-state index contributed by atoms with van der Waals surface area (Å²) < 4.78 is 0. The van der Waals surface area contributed by atoms with Crippen molar-refractivity contribution >= 4 is 0 Å². The van der Waals surface area contributed by atoms with E-state index in [4.69, 9.17) is 0 Å². The van der Waals surface area contributed by atoms with Gasteiger partial charge in [-0.2, -0.15) is 0 Å².